The second-order valence-electron chi connectivity index (χ2n) is 3.40. The predicted molar refractivity (Wildman–Crippen MR) is 66.0 cm³/mol. The van der Waals surface area contributed by atoms with Crippen LogP contribution in [-0.2, 0) is 6.42 Å². The van der Waals surface area contributed by atoms with E-state index in [9.17, 15) is 0 Å². The van der Waals surface area contributed by atoms with Crippen LogP contribution in [0.5, 0.6) is 5.88 Å². The molecule has 0 spiro atoms. The molecule has 0 aliphatic carbocycles. The Morgan fingerprint density at radius 3 is 2.69 bits per heavy atom. The van der Waals surface area contributed by atoms with E-state index >= 15 is 0 Å². The Bertz CT molecular complexity index is 375. The average molecular weight is 221 g/mol. The van der Waals surface area contributed by atoms with E-state index in [1.54, 1.807) is 0 Å². The van der Waals surface area contributed by atoms with Gasteiger partial charge in [0.1, 0.15) is 18.2 Å². The Balaban J connectivity index is 2.96. The van der Waals surface area contributed by atoms with Gasteiger partial charge in [-0.05, 0) is 13.8 Å². The van der Waals surface area contributed by atoms with Crippen molar-refractivity contribution in [2.24, 2.45) is 0 Å². The van der Waals surface area contributed by atoms with Crippen LogP contribution >= 0.6 is 0 Å². The van der Waals surface area contributed by atoms with Crippen LogP contribution in [0.25, 0.3) is 0 Å². The van der Waals surface area contributed by atoms with E-state index in [4.69, 9.17) is 4.74 Å². The molecule has 0 aliphatic rings. The molecular weight excluding hydrogens is 202 g/mol. The van der Waals surface area contributed by atoms with Crippen molar-refractivity contribution in [3.05, 3.63) is 23.5 Å². The van der Waals surface area contributed by atoms with Crippen LogP contribution in [0.2, 0.25) is 0 Å². The minimum atomic E-state index is 0.542. The second-order valence-corrected chi connectivity index (χ2v) is 3.40. The van der Waals surface area contributed by atoms with Gasteiger partial charge >= 0.3 is 0 Å². The first-order valence-corrected chi connectivity index (χ1v) is 5.52. The maximum absolute atomic E-state index is 5.58. The lowest BCUT2D eigenvalue weighted by atomic mass is 10.3. The van der Waals surface area contributed by atoms with Crippen LogP contribution in [0, 0.1) is 6.92 Å². The quantitative estimate of drug-likeness (QED) is 0.775. The number of nitrogens with one attached hydrogen (secondary N) is 1. The van der Waals surface area contributed by atoms with Gasteiger partial charge in [-0.3, -0.25) is 0 Å². The highest BCUT2D eigenvalue weighted by Crippen LogP contribution is 2.21. The Morgan fingerprint density at radius 2 is 2.12 bits per heavy atom. The van der Waals surface area contributed by atoms with Crippen LogP contribution in [0.15, 0.2) is 12.2 Å². The van der Waals surface area contributed by atoms with Gasteiger partial charge in [-0.25, -0.2) is 4.98 Å². The van der Waals surface area contributed by atoms with Crippen molar-refractivity contribution in [1.82, 2.24) is 9.97 Å². The third kappa shape index (κ3) is 2.95. The first-order valence-electron chi connectivity index (χ1n) is 5.52. The highest BCUT2D eigenvalue weighted by molar-refractivity contribution is 5.48. The SMILES string of the molecule is C/C=C/COc1nc(CC)nc(NC)c1C. The summed E-state index contributed by atoms with van der Waals surface area (Å²) in [5.74, 6) is 2.29. The molecular formula is C12H19N3O. The van der Waals surface area contributed by atoms with E-state index < -0.39 is 0 Å². The topological polar surface area (TPSA) is 47.0 Å². The van der Waals surface area contributed by atoms with Gasteiger partial charge in [0, 0.05) is 13.5 Å². The summed E-state index contributed by atoms with van der Waals surface area (Å²) < 4.78 is 5.58. The summed E-state index contributed by atoms with van der Waals surface area (Å²) in [6, 6.07) is 0. The molecule has 1 heterocycles. The van der Waals surface area contributed by atoms with E-state index in [1.807, 2.05) is 40.0 Å². The lowest BCUT2D eigenvalue weighted by Crippen LogP contribution is -2.06. The lowest BCUT2D eigenvalue weighted by molar-refractivity contribution is 0.343. The number of allylic oxidation sites excluding steroid dienone is 1. The summed E-state index contributed by atoms with van der Waals surface area (Å²) in [5.41, 5.74) is 0.948. The standard InChI is InChI=1S/C12H19N3O/c1-5-7-8-16-12-9(3)11(13-4)14-10(6-2)15-12/h5,7H,6,8H2,1-4H3,(H,13,14,15)/b7-5+. The fourth-order valence-corrected chi connectivity index (χ4v) is 1.31. The highest BCUT2D eigenvalue weighted by Gasteiger charge is 2.09. The van der Waals surface area contributed by atoms with Gasteiger partial charge in [0.25, 0.3) is 0 Å². The Hall–Kier alpha value is -1.58. The van der Waals surface area contributed by atoms with Gasteiger partial charge in [0.2, 0.25) is 5.88 Å². The number of rotatable bonds is 5. The van der Waals surface area contributed by atoms with Crippen molar-refractivity contribution in [2.75, 3.05) is 19.0 Å². The monoisotopic (exact) mass is 221 g/mol. The van der Waals surface area contributed by atoms with Crippen molar-refractivity contribution in [3.63, 3.8) is 0 Å². The van der Waals surface area contributed by atoms with Gasteiger partial charge in [0.15, 0.2) is 0 Å². The Labute approximate surface area is 96.8 Å². The Morgan fingerprint density at radius 1 is 1.38 bits per heavy atom. The zero-order valence-corrected chi connectivity index (χ0v) is 10.4. The lowest BCUT2D eigenvalue weighted by Gasteiger charge is -2.11. The van der Waals surface area contributed by atoms with Gasteiger partial charge in [0.05, 0.1) is 5.56 Å². The molecule has 0 aliphatic heterocycles. The first-order chi connectivity index (χ1) is 7.72. The molecule has 0 radical (unpaired) electrons. The van der Waals surface area contributed by atoms with Crippen LogP contribution in [0.3, 0.4) is 0 Å². The molecule has 0 saturated carbocycles. The Kier molecular flexibility index (Phi) is 4.76. The van der Waals surface area contributed by atoms with Crippen LogP contribution < -0.4 is 10.1 Å². The van der Waals surface area contributed by atoms with E-state index in [0.717, 1.165) is 23.6 Å². The molecule has 4 heteroatoms. The molecule has 0 saturated heterocycles. The van der Waals surface area contributed by atoms with Gasteiger partial charge in [-0.2, -0.15) is 4.98 Å². The second kappa shape index (κ2) is 6.10. The molecule has 1 aromatic heterocycles. The van der Waals surface area contributed by atoms with Crippen LogP contribution in [-0.4, -0.2) is 23.6 Å². The van der Waals surface area contributed by atoms with Crippen molar-refractivity contribution in [2.45, 2.75) is 27.2 Å². The zero-order valence-electron chi connectivity index (χ0n) is 10.4. The molecule has 4 nitrogen and oxygen atoms in total. The third-order valence-corrected chi connectivity index (χ3v) is 2.25. The predicted octanol–water partition coefficient (Wildman–Crippen LogP) is 2.34. The van der Waals surface area contributed by atoms with Crippen molar-refractivity contribution >= 4 is 5.82 Å². The smallest absolute Gasteiger partial charge is 0.222 e. The molecule has 1 rings (SSSR count). The molecule has 0 aromatic carbocycles. The zero-order chi connectivity index (χ0) is 12.0. The number of aryl methyl sites for hydroxylation is 1. The summed E-state index contributed by atoms with van der Waals surface area (Å²) in [7, 11) is 1.85. The maximum atomic E-state index is 5.58. The van der Waals surface area contributed by atoms with Crippen LogP contribution in [0.1, 0.15) is 25.2 Å². The minimum absolute atomic E-state index is 0.542. The third-order valence-electron chi connectivity index (χ3n) is 2.25. The van der Waals surface area contributed by atoms with Crippen molar-refractivity contribution in [3.8, 4) is 5.88 Å². The molecule has 88 valence electrons. The molecule has 0 unspecified atom stereocenters. The summed E-state index contributed by atoms with van der Waals surface area (Å²) >= 11 is 0. The van der Waals surface area contributed by atoms with Gasteiger partial charge < -0.3 is 10.1 Å². The first kappa shape index (κ1) is 12.5. The number of ether oxygens (including phenoxy) is 1. The number of aromatic nitrogens is 2. The van der Waals surface area contributed by atoms with E-state index in [1.165, 1.54) is 0 Å². The summed E-state index contributed by atoms with van der Waals surface area (Å²) in [4.78, 5) is 8.74. The number of nitrogens with zero attached hydrogens (tertiary/aromatic N) is 2. The number of anilines is 1. The molecule has 0 bridgehead atoms. The molecule has 1 aromatic rings. The van der Waals surface area contributed by atoms with E-state index in [-0.39, 0.29) is 0 Å². The highest BCUT2D eigenvalue weighted by atomic mass is 16.5. The average Bonchev–Trinajstić information content (AvgIpc) is 2.31. The van der Waals surface area contributed by atoms with E-state index in [2.05, 4.69) is 15.3 Å². The molecule has 0 fully saturated rings. The van der Waals surface area contributed by atoms with E-state index in [0.29, 0.717) is 12.5 Å². The summed E-state index contributed by atoms with van der Waals surface area (Å²) in [6.07, 6.45) is 4.71. The normalized spacial score (nSPS) is 10.8. The van der Waals surface area contributed by atoms with Crippen molar-refractivity contribution in [1.29, 1.82) is 0 Å². The van der Waals surface area contributed by atoms with Gasteiger partial charge in [-0.1, -0.05) is 19.1 Å². The molecule has 16 heavy (non-hydrogen) atoms. The molecule has 0 atom stereocenters. The number of hydrogen-bond donors (Lipinski definition) is 1. The number of hydrogen-bond acceptors (Lipinski definition) is 4. The molecule has 0 amide bonds. The maximum Gasteiger partial charge on any atom is 0.222 e. The minimum Gasteiger partial charge on any atom is -0.473 e. The van der Waals surface area contributed by atoms with Crippen molar-refractivity contribution < 1.29 is 4.74 Å². The summed E-state index contributed by atoms with van der Waals surface area (Å²) in [6.45, 7) is 6.49. The fraction of sp³-hybridized carbons (Fsp3) is 0.500. The summed E-state index contributed by atoms with van der Waals surface area (Å²) in [5, 5.41) is 3.05. The fourth-order valence-electron chi connectivity index (χ4n) is 1.31. The molecule has 1 N–H and O–H groups in total. The largest absolute Gasteiger partial charge is 0.473 e. The van der Waals surface area contributed by atoms with Gasteiger partial charge in [-0.15, -0.1) is 0 Å². The van der Waals surface area contributed by atoms with Crippen LogP contribution in [0.4, 0.5) is 5.82 Å².